The summed E-state index contributed by atoms with van der Waals surface area (Å²) >= 11 is 0. The monoisotopic (exact) mass is 387 g/mol. The van der Waals surface area contributed by atoms with Gasteiger partial charge in [-0.3, -0.25) is 0 Å². The minimum atomic E-state index is 0. The number of piperidine rings is 1. The minimum Gasteiger partial charge on any atom is -0.357 e. The Bertz CT molecular complexity index is 397. The van der Waals surface area contributed by atoms with Crippen molar-refractivity contribution < 1.29 is 0 Å². The maximum atomic E-state index is 4.76. The predicted octanol–water partition coefficient (Wildman–Crippen LogP) is 3.50. The average Bonchev–Trinajstić information content (AvgIpc) is 2.46. The number of halogens is 1. The topological polar surface area (TPSA) is 27.6 Å². The van der Waals surface area contributed by atoms with Crippen molar-refractivity contribution in [3.63, 3.8) is 0 Å². The van der Waals surface area contributed by atoms with Gasteiger partial charge >= 0.3 is 0 Å². The summed E-state index contributed by atoms with van der Waals surface area (Å²) in [6.45, 7) is 8.41. The number of hydrogen-bond donors (Lipinski definition) is 1. The van der Waals surface area contributed by atoms with Crippen LogP contribution in [0.4, 0.5) is 0 Å². The van der Waals surface area contributed by atoms with Crippen LogP contribution in [0.25, 0.3) is 0 Å². The molecule has 0 bridgehead atoms. The first-order valence-electron chi connectivity index (χ1n) is 7.36. The Morgan fingerprint density at radius 1 is 1.25 bits per heavy atom. The van der Waals surface area contributed by atoms with E-state index in [1.54, 1.807) is 0 Å². The standard InChI is InChI=1S/C16H25N3.HI/c1-3-17-16(19-11-9-14(2)10-12-19)18-13-15-7-5-4-6-8-15;/h4-8,14H,3,9-13H2,1-2H3,(H,17,18);1H. The third-order valence-electron chi connectivity index (χ3n) is 3.67. The van der Waals surface area contributed by atoms with Gasteiger partial charge in [-0.2, -0.15) is 0 Å². The molecule has 0 unspecified atom stereocenters. The van der Waals surface area contributed by atoms with Crippen LogP contribution in [-0.4, -0.2) is 30.5 Å². The molecule has 4 heteroatoms. The molecule has 1 N–H and O–H groups in total. The van der Waals surface area contributed by atoms with Gasteiger partial charge in [0, 0.05) is 19.6 Å². The first-order valence-corrected chi connectivity index (χ1v) is 7.36. The Morgan fingerprint density at radius 2 is 1.90 bits per heavy atom. The molecule has 2 rings (SSSR count). The third kappa shape index (κ3) is 5.31. The second-order valence-corrected chi connectivity index (χ2v) is 5.33. The van der Waals surface area contributed by atoms with E-state index in [9.17, 15) is 0 Å². The van der Waals surface area contributed by atoms with Crippen LogP contribution in [0.2, 0.25) is 0 Å². The number of aliphatic imine (C=N–C) groups is 1. The molecule has 0 aliphatic carbocycles. The van der Waals surface area contributed by atoms with Crippen LogP contribution in [0.1, 0.15) is 32.3 Å². The molecule has 1 fully saturated rings. The van der Waals surface area contributed by atoms with E-state index in [0.717, 1.165) is 38.1 Å². The molecule has 1 aromatic carbocycles. The molecule has 1 aliphatic rings. The lowest BCUT2D eigenvalue weighted by atomic mass is 10.00. The molecular weight excluding hydrogens is 361 g/mol. The van der Waals surface area contributed by atoms with Gasteiger partial charge in [0.05, 0.1) is 6.54 Å². The van der Waals surface area contributed by atoms with Crippen molar-refractivity contribution in [2.45, 2.75) is 33.2 Å². The maximum Gasteiger partial charge on any atom is 0.194 e. The van der Waals surface area contributed by atoms with Gasteiger partial charge < -0.3 is 10.2 Å². The highest BCUT2D eigenvalue weighted by Crippen LogP contribution is 2.16. The van der Waals surface area contributed by atoms with Crippen molar-refractivity contribution in [2.75, 3.05) is 19.6 Å². The summed E-state index contributed by atoms with van der Waals surface area (Å²) in [5.41, 5.74) is 1.27. The highest BCUT2D eigenvalue weighted by atomic mass is 127. The molecule has 0 radical (unpaired) electrons. The molecule has 0 saturated carbocycles. The largest absolute Gasteiger partial charge is 0.357 e. The second kappa shape index (κ2) is 9.21. The van der Waals surface area contributed by atoms with Gasteiger partial charge in [-0.25, -0.2) is 4.99 Å². The molecule has 1 aliphatic heterocycles. The number of guanidine groups is 1. The van der Waals surface area contributed by atoms with Crippen LogP contribution in [0.15, 0.2) is 35.3 Å². The molecule has 112 valence electrons. The number of likely N-dealkylation sites (tertiary alicyclic amines) is 1. The fourth-order valence-electron chi connectivity index (χ4n) is 2.40. The highest BCUT2D eigenvalue weighted by Gasteiger charge is 2.18. The summed E-state index contributed by atoms with van der Waals surface area (Å²) < 4.78 is 0. The van der Waals surface area contributed by atoms with Gasteiger partial charge in [-0.1, -0.05) is 37.3 Å². The summed E-state index contributed by atoms with van der Waals surface area (Å²) in [5.74, 6) is 1.92. The molecular formula is C16H26IN3. The Labute approximate surface area is 139 Å². The van der Waals surface area contributed by atoms with Gasteiger partial charge in [0.15, 0.2) is 5.96 Å². The van der Waals surface area contributed by atoms with E-state index in [4.69, 9.17) is 4.99 Å². The molecule has 0 aromatic heterocycles. The third-order valence-corrected chi connectivity index (χ3v) is 3.67. The van der Waals surface area contributed by atoms with Gasteiger partial charge in [-0.15, -0.1) is 24.0 Å². The van der Waals surface area contributed by atoms with E-state index in [2.05, 4.69) is 48.3 Å². The highest BCUT2D eigenvalue weighted by molar-refractivity contribution is 14.0. The Morgan fingerprint density at radius 3 is 2.50 bits per heavy atom. The fraction of sp³-hybridized carbons (Fsp3) is 0.562. The fourth-order valence-corrected chi connectivity index (χ4v) is 2.40. The quantitative estimate of drug-likeness (QED) is 0.489. The Hall–Kier alpha value is -0.780. The van der Waals surface area contributed by atoms with Crippen molar-refractivity contribution in [2.24, 2.45) is 10.9 Å². The van der Waals surface area contributed by atoms with Crippen LogP contribution < -0.4 is 5.32 Å². The molecule has 0 spiro atoms. The summed E-state index contributed by atoms with van der Waals surface area (Å²) in [7, 11) is 0. The molecule has 1 saturated heterocycles. The first-order chi connectivity index (χ1) is 9.29. The van der Waals surface area contributed by atoms with Gasteiger partial charge in [-0.05, 0) is 31.2 Å². The molecule has 1 heterocycles. The summed E-state index contributed by atoms with van der Waals surface area (Å²) in [6.07, 6.45) is 2.55. The number of hydrogen-bond acceptors (Lipinski definition) is 1. The van der Waals surface area contributed by atoms with E-state index >= 15 is 0 Å². The number of rotatable bonds is 3. The van der Waals surface area contributed by atoms with Crippen LogP contribution in [-0.2, 0) is 6.54 Å². The van der Waals surface area contributed by atoms with Gasteiger partial charge in [0.1, 0.15) is 0 Å². The average molecular weight is 387 g/mol. The molecule has 1 aromatic rings. The van der Waals surface area contributed by atoms with Crippen molar-refractivity contribution in [3.8, 4) is 0 Å². The zero-order valence-corrected chi connectivity index (χ0v) is 14.8. The van der Waals surface area contributed by atoms with Crippen molar-refractivity contribution in [1.29, 1.82) is 0 Å². The predicted molar refractivity (Wildman–Crippen MR) is 96.6 cm³/mol. The lowest BCUT2D eigenvalue weighted by Gasteiger charge is -2.33. The van der Waals surface area contributed by atoms with Crippen molar-refractivity contribution >= 4 is 29.9 Å². The van der Waals surface area contributed by atoms with Crippen LogP contribution in [0.3, 0.4) is 0 Å². The summed E-state index contributed by atoms with van der Waals surface area (Å²) in [4.78, 5) is 7.16. The van der Waals surface area contributed by atoms with Crippen molar-refractivity contribution in [3.05, 3.63) is 35.9 Å². The number of nitrogens with zero attached hydrogens (tertiary/aromatic N) is 2. The van der Waals surface area contributed by atoms with Crippen LogP contribution in [0, 0.1) is 5.92 Å². The summed E-state index contributed by atoms with van der Waals surface area (Å²) in [6, 6.07) is 10.4. The Balaban J connectivity index is 0.00000200. The normalized spacial score (nSPS) is 16.7. The van der Waals surface area contributed by atoms with Crippen LogP contribution in [0.5, 0.6) is 0 Å². The van der Waals surface area contributed by atoms with Gasteiger partial charge in [0.25, 0.3) is 0 Å². The van der Waals surface area contributed by atoms with E-state index in [1.807, 2.05) is 6.07 Å². The molecule has 3 nitrogen and oxygen atoms in total. The van der Waals surface area contributed by atoms with E-state index in [-0.39, 0.29) is 24.0 Å². The second-order valence-electron chi connectivity index (χ2n) is 5.33. The Kier molecular flexibility index (Phi) is 7.95. The van der Waals surface area contributed by atoms with Crippen LogP contribution >= 0.6 is 24.0 Å². The van der Waals surface area contributed by atoms with E-state index in [0.29, 0.717) is 0 Å². The molecule has 0 atom stereocenters. The van der Waals surface area contributed by atoms with Crippen molar-refractivity contribution in [1.82, 2.24) is 10.2 Å². The van der Waals surface area contributed by atoms with E-state index in [1.165, 1.54) is 18.4 Å². The molecule has 20 heavy (non-hydrogen) atoms. The lowest BCUT2D eigenvalue weighted by Crippen LogP contribution is -2.45. The zero-order chi connectivity index (χ0) is 13.5. The zero-order valence-electron chi connectivity index (χ0n) is 12.5. The SMILES string of the molecule is CCNC(=NCc1ccccc1)N1CCC(C)CC1.I. The minimum absolute atomic E-state index is 0. The first kappa shape index (κ1) is 17.3. The summed E-state index contributed by atoms with van der Waals surface area (Å²) in [5, 5.41) is 3.41. The molecule has 0 amide bonds. The number of nitrogens with one attached hydrogen (secondary N) is 1. The van der Waals surface area contributed by atoms with E-state index < -0.39 is 0 Å². The smallest absolute Gasteiger partial charge is 0.194 e. The number of benzene rings is 1. The maximum absolute atomic E-state index is 4.76. The lowest BCUT2D eigenvalue weighted by molar-refractivity contribution is 0.273. The van der Waals surface area contributed by atoms with Gasteiger partial charge in [0.2, 0.25) is 0 Å².